The van der Waals surface area contributed by atoms with Crippen LogP contribution in [0.4, 0.5) is 17.1 Å². The van der Waals surface area contributed by atoms with E-state index in [0.29, 0.717) is 0 Å². The Labute approximate surface area is 443 Å². The van der Waals surface area contributed by atoms with Gasteiger partial charge in [0.05, 0.1) is 16.7 Å². The molecule has 0 saturated carbocycles. The second kappa shape index (κ2) is 15.3. The van der Waals surface area contributed by atoms with Crippen LogP contribution in [0.15, 0.2) is 115 Å². The summed E-state index contributed by atoms with van der Waals surface area (Å²) in [6.45, 7) is 45.2. The first-order valence-electron chi connectivity index (χ1n) is 27.8. The van der Waals surface area contributed by atoms with E-state index in [9.17, 15) is 0 Å². The van der Waals surface area contributed by atoms with Gasteiger partial charge in [-0.15, -0.1) is 0 Å². The average Bonchev–Trinajstić information content (AvgIpc) is 3.83. The standard InChI is InChI=1S/C70H80BN3/c1-64(2,3)41-20-25-46(26-21-41)72(47-27-22-42(23-28-47)65(4,5)6)57-31-29-55-63-60(57)52-39-53-54(70(18,19)33-32-69(53,16)17)40-58(52)73(63)59-38-45(68(13,14)15)35-49-51-37-44(67(10,11)12)36-50-48-34-43(66(7,8)9)24-30-56(48)74(62(50)51)71(55)61(49)59/h20-31,34-40H,32-33H2,1-19H3. The Bertz CT molecular complexity index is 3770. The maximum atomic E-state index is 2.78. The van der Waals surface area contributed by atoms with Crippen LogP contribution in [-0.2, 0) is 37.9 Å². The molecule has 0 fully saturated rings. The zero-order chi connectivity index (χ0) is 52.9. The summed E-state index contributed by atoms with van der Waals surface area (Å²) in [5, 5.41) is 5.37. The van der Waals surface area contributed by atoms with E-state index >= 15 is 0 Å². The largest absolute Gasteiger partial charge is 0.375 e. The van der Waals surface area contributed by atoms with Gasteiger partial charge in [-0.1, -0.05) is 174 Å². The average molecular weight is 974 g/mol. The molecule has 12 rings (SSSR count). The van der Waals surface area contributed by atoms with Crippen molar-refractivity contribution >= 4 is 78.4 Å². The van der Waals surface area contributed by atoms with Gasteiger partial charge in [-0.25, -0.2) is 0 Å². The van der Waals surface area contributed by atoms with Gasteiger partial charge in [-0.05, 0) is 179 Å². The predicted octanol–water partition coefficient (Wildman–Crippen LogP) is 18.1. The molecule has 2 aromatic heterocycles. The van der Waals surface area contributed by atoms with Gasteiger partial charge in [0.1, 0.15) is 0 Å². The van der Waals surface area contributed by atoms with Gasteiger partial charge in [0.25, 0.3) is 0 Å². The van der Waals surface area contributed by atoms with Crippen LogP contribution in [0.2, 0.25) is 0 Å². The number of rotatable bonds is 3. The van der Waals surface area contributed by atoms with E-state index in [1.54, 1.807) is 0 Å². The Morgan fingerprint density at radius 1 is 0.432 bits per heavy atom. The number of fused-ring (bicyclic) bond motifs is 11. The van der Waals surface area contributed by atoms with Crippen LogP contribution < -0.4 is 15.8 Å². The van der Waals surface area contributed by atoms with Crippen molar-refractivity contribution in [3.8, 4) is 16.8 Å². The summed E-state index contributed by atoms with van der Waals surface area (Å²) < 4.78 is 5.54. The van der Waals surface area contributed by atoms with E-state index in [1.807, 2.05) is 0 Å². The highest BCUT2D eigenvalue weighted by Crippen LogP contribution is 2.53. The summed E-state index contributed by atoms with van der Waals surface area (Å²) in [6.07, 6.45) is 2.32. The number of aromatic nitrogens is 2. The minimum absolute atomic E-state index is 0.00702. The summed E-state index contributed by atoms with van der Waals surface area (Å²) in [6, 6.07) is 46.9. The van der Waals surface area contributed by atoms with Crippen LogP contribution in [0, 0.1) is 0 Å². The van der Waals surface area contributed by atoms with Crippen molar-refractivity contribution in [1.82, 2.24) is 9.05 Å². The quantitative estimate of drug-likeness (QED) is 0.161. The summed E-state index contributed by atoms with van der Waals surface area (Å²) in [7, 11) is 0. The number of hydrogen-bond acceptors (Lipinski definition) is 1. The summed E-state index contributed by atoms with van der Waals surface area (Å²) >= 11 is 0. The van der Waals surface area contributed by atoms with Gasteiger partial charge in [0.2, 0.25) is 0 Å². The molecule has 2 aliphatic heterocycles. The van der Waals surface area contributed by atoms with E-state index in [1.165, 1.54) is 127 Å². The molecule has 9 aromatic rings. The number of nitrogens with zero attached hydrogens (tertiary/aromatic N) is 3. The van der Waals surface area contributed by atoms with E-state index in [0.717, 1.165) is 12.8 Å². The highest BCUT2D eigenvalue weighted by atomic mass is 15.1. The molecule has 3 nitrogen and oxygen atoms in total. The zero-order valence-corrected chi connectivity index (χ0v) is 48.3. The first kappa shape index (κ1) is 48.9. The lowest BCUT2D eigenvalue weighted by molar-refractivity contribution is 0.332. The third-order valence-electron chi connectivity index (χ3n) is 18.1. The predicted molar refractivity (Wildman–Crippen MR) is 323 cm³/mol. The van der Waals surface area contributed by atoms with Crippen molar-refractivity contribution < 1.29 is 0 Å². The summed E-state index contributed by atoms with van der Waals surface area (Å²) in [5.74, 6) is 0. The van der Waals surface area contributed by atoms with Crippen LogP contribution >= 0.6 is 0 Å². The fourth-order valence-corrected chi connectivity index (χ4v) is 13.3. The molecule has 7 aromatic carbocycles. The number of benzene rings is 7. The summed E-state index contributed by atoms with van der Waals surface area (Å²) in [5.41, 5.74) is 25.4. The van der Waals surface area contributed by atoms with E-state index in [-0.39, 0.29) is 44.8 Å². The molecule has 0 atom stereocenters. The van der Waals surface area contributed by atoms with Crippen molar-refractivity contribution in [2.45, 2.75) is 182 Å². The van der Waals surface area contributed by atoms with Gasteiger partial charge in [-0.3, -0.25) is 0 Å². The first-order valence-corrected chi connectivity index (χ1v) is 27.8. The van der Waals surface area contributed by atoms with Gasteiger partial charge < -0.3 is 13.9 Å². The van der Waals surface area contributed by atoms with Crippen LogP contribution in [0.25, 0.3) is 60.4 Å². The number of hydrogen-bond donors (Lipinski definition) is 0. The lowest BCUT2D eigenvalue weighted by Crippen LogP contribution is -2.55. The fraction of sp³-hybridized carbons (Fsp3) is 0.400. The van der Waals surface area contributed by atoms with Crippen molar-refractivity contribution in [3.05, 3.63) is 154 Å². The minimum Gasteiger partial charge on any atom is -0.375 e. The smallest absolute Gasteiger partial charge is 0.333 e. The van der Waals surface area contributed by atoms with Gasteiger partial charge in [0.15, 0.2) is 0 Å². The molecular formula is C70H80BN3. The minimum atomic E-state index is -0.0991. The Balaban J connectivity index is 1.28. The first-order chi connectivity index (χ1) is 34.3. The highest BCUT2D eigenvalue weighted by molar-refractivity contribution is 6.90. The highest BCUT2D eigenvalue weighted by Gasteiger charge is 2.45. The Morgan fingerprint density at radius 3 is 1.46 bits per heavy atom. The molecule has 0 saturated heterocycles. The van der Waals surface area contributed by atoms with Crippen molar-refractivity contribution in [2.75, 3.05) is 4.90 Å². The second-order valence-corrected chi connectivity index (χ2v) is 29.5. The SMILES string of the molecule is CC(C)(C)c1ccc(N(c2ccc(C(C)(C)C)cc2)c2ccc3c4c2c2cc5c(cc2n4-c2cc(C(C)(C)C)cc4c2B3n2c3ccc(C(C)(C)C)cc3c3cc(C(C)(C)C)cc-4c32)C(C)(C)CCC5(C)C)cc1. The van der Waals surface area contributed by atoms with E-state index in [4.69, 9.17) is 0 Å². The molecule has 0 N–H and O–H groups in total. The van der Waals surface area contributed by atoms with Crippen LogP contribution in [0.1, 0.15) is 183 Å². The Morgan fingerprint density at radius 2 is 0.919 bits per heavy atom. The van der Waals surface area contributed by atoms with Gasteiger partial charge in [0, 0.05) is 55.2 Å². The van der Waals surface area contributed by atoms with Crippen LogP contribution in [0.5, 0.6) is 0 Å². The maximum absolute atomic E-state index is 2.78. The molecule has 0 spiro atoms. The molecule has 0 radical (unpaired) electrons. The molecule has 0 amide bonds. The van der Waals surface area contributed by atoms with E-state index in [2.05, 4.69) is 261 Å². The van der Waals surface area contributed by atoms with E-state index < -0.39 is 0 Å². The van der Waals surface area contributed by atoms with Crippen molar-refractivity contribution in [3.63, 3.8) is 0 Å². The van der Waals surface area contributed by atoms with Crippen LogP contribution in [-0.4, -0.2) is 15.9 Å². The summed E-state index contributed by atoms with van der Waals surface area (Å²) in [4.78, 5) is 2.57. The lowest BCUT2D eigenvalue weighted by Gasteiger charge is -2.42. The molecule has 4 heterocycles. The van der Waals surface area contributed by atoms with Crippen molar-refractivity contribution in [2.24, 2.45) is 0 Å². The Hall–Kier alpha value is -6.00. The third kappa shape index (κ3) is 7.19. The second-order valence-electron chi connectivity index (χ2n) is 29.5. The third-order valence-corrected chi connectivity index (χ3v) is 18.1. The molecule has 3 aliphatic rings. The molecule has 74 heavy (non-hydrogen) atoms. The topological polar surface area (TPSA) is 13.1 Å². The maximum Gasteiger partial charge on any atom is 0.333 e. The van der Waals surface area contributed by atoms with Crippen molar-refractivity contribution in [1.29, 1.82) is 0 Å². The molecule has 378 valence electrons. The molecule has 1 aliphatic carbocycles. The monoisotopic (exact) mass is 974 g/mol. The molecule has 4 heteroatoms. The molecule has 0 unspecified atom stereocenters. The lowest BCUT2D eigenvalue weighted by atomic mass is 9.45. The molecule has 0 bridgehead atoms. The normalized spacial score (nSPS) is 16.1. The van der Waals surface area contributed by atoms with Crippen LogP contribution in [0.3, 0.4) is 0 Å². The fourth-order valence-electron chi connectivity index (χ4n) is 13.3. The van der Waals surface area contributed by atoms with Gasteiger partial charge >= 0.3 is 6.85 Å². The van der Waals surface area contributed by atoms with Gasteiger partial charge in [-0.2, -0.15) is 0 Å². The Kier molecular flexibility index (Phi) is 10.1. The molecular weight excluding hydrogens is 894 g/mol. The zero-order valence-electron chi connectivity index (χ0n) is 48.3. The number of anilines is 3.